The fraction of sp³-hybridized carbons (Fsp3) is 0.800. The normalized spacial score (nSPS) is 23.0. The summed E-state index contributed by atoms with van der Waals surface area (Å²) in [5, 5.41) is 7.18. The first kappa shape index (κ1) is 15.3. The number of carbonyl (C=O) groups is 1. The zero-order valence-electron chi connectivity index (χ0n) is 13.1. The quantitative estimate of drug-likeness (QED) is 0.920. The molecule has 1 aromatic heterocycles. The molecule has 7 nitrogen and oxygen atoms in total. The highest BCUT2D eigenvalue weighted by Gasteiger charge is 2.29. The van der Waals surface area contributed by atoms with Crippen molar-refractivity contribution in [3.63, 3.8) is 0 Å². The van der Waals surface area contributed by atoms with Crippen LogP contribution in [0.2, 0.25) is 0 Å². The van der Waals surface area contributed by atoms with E-state index in [4.69, 9.17) is 9.26 Å². The minimum Gasteiger partial charge on any atom is -0.375 e. The summed E-state index contributed by atoms with van der Waals surface area (Å²) in [5.74, 6) is 1.33. The van der Waals surface area contributed by atoms with Crippen molar-refractivity contribution in [2.75, 3.05) is 20.2 Å². The average Bonchev–Trinajstić information content (AvgIpc) is 3.19. The van der Waals surface area contributed by atoms with Gasteiger partial charge in [0.1, 0.15) is 6.61 Å². The molecule has 0 bridgehead atoms. The van der Waals surface area contributed by atoms with Gasteiger partial charge in [0.25, 0.3) is 5.89 Å². The molecule has 2 heterocycles. The molecule has 0 radical (unpaired) electrons. The van der Waals surface area contributed by atoms with Gasteiger partial charge < -0.3 is 19.5 Å². The number of piperidine rings is 1. The van der Waals surface area contributed by atoms with Gasteiger partial charge in [-0.05, 0) is 25.7 Å². The van der Waals surface area contributed by atoms with Gasteiger partial charge in [-0.25, -0.2) is 4.79 Å². The van der Waals surface area contributed by atoms with E-state index in [0.29, 0.717) is 30.9 Å². The van der Waals surface area contributed by atoms with Crippen molar-refractivity contribution in [3.8, 4) is 0 Å². The van der Waals surface area contributed by atoms with E-state index < -0.39 is 0 Å². The van der Waals surface area contributed by atoms with Crippen LogP contribution in [0.4, 0.5) is 4.79 Å². The number of urea groups is 1. The third kappa shape index (κ3) is 3.58. The molecule has 7 heteroatoms. The fourth-order valence-corrected chi connectivity index (χ4v) is 3.32. The molecule has 0 spiro atoms. The van der Waals surface area contributed by atoms with Crippen molar-refractivity contribution in [2.24, 2.45) is 0 Å². The number of ether oxygens (including phenoxy) is 1. The minimum atomic E-state index is 0.0530. The van der Waals surface area contributed by atoms with Crippen LogP contribution in [0.5, 0.6) is 0 Å². The molecule has 1 unspecified atom stereocenters. The van der Waals surface area contributed by atoms with Crippen LogP contribution in [0.15, 0.2) is 4.52 Å². The molecule has 1 saturated heterocycles. The lowest BCUT2D eigenvalue weighted by Gasteiger charge is -2.32. The number of rotatable bonds is 4. The first-order chi connectivity index (χ1) is 10.8. The van der Waals surface area contributed by atoms with Crippen LogP contribution in [0, 0.1) is 0 Å². The SMILES string of the molecule is COCc1nc(C2CCCN(C(=O)NC3CCCC3)C2)no1. The maximum absolute atomic E-state index is 12.4. The smallest absolute Gasteiger partial charge is 0.317 e. The molecule has 1 N–H and O–H groups in total. The molecule has 122 valence electrons. The first-order valence-electron chi connectivity index (χ1n) is 8.13. The summed E-state index contributed by atoms with van der Waals surface area (Å²) >= 11 is 0. The molecule has 1 saturated carbocycles. The van der Waals surface area contributed by atoms with E-state index >= 15 is 0 Å². The monoisotopic (exact) mass is 308 g/mol. The largest absolute Gasteiger partial charge is 0.375 e. The number of likely N-dealkylation sites (tertiary alicyclic amines) is 1. The highest BCUT2D eigenvalue weighted by molar-refractivity contribution is 5.74. The van der Waals surface area contributed by atoms with E-state index in [1.807, 2.05) is 4.90 Å². The van der Waals surface area contributed by atoms with Gasteiger partial charge in [0.15, 0.2) is 5.82 Å². The maximum Gasteiger partial charge on any atom is 0.317 e. The lowest BCUT2D eigenvalue weighted by atomic mass is 9.97. The summed E-state index contributed by atoms with van der Waals surface area (Å²) in [4.78, 5) is 18.6. The number of methoxy groups -OCH3 is 1. The molecule has 22 heavy (non-hydrogen) atoms. The molecular weight excluding hydrogens is 284 g/mol. The zero-order chi connectivity index (χ0) is 15.4. The van der Waals surface area contributed by atoms with Crippen LogP contribution < -0.4 is 5.32 Å². The molecule has 1 aliphatic carbocycles. The summed E-state index contributed by atoms with van der Waals surface area (Å²) in [6.45, 7) is 1.79. The predicted molar refractivity (Wildman–Crippen MR) is 79.3 cm³/mol. The standard InChI is InChI=1S/C15H24N4O3/c1-21-10-13-17-14(18-22-13)11-5-4-8-19(9-11)15(20)16-12-6-2-3-7-12/h11-12H,2-10H2,1H3,(H,16,20). The Kier molecular flexibility index (Phi) is 4.92. The van der Waals surface area contributed by atoms with Gasteiger partial charge >= 0.3 is 6.03 Å². The van der Waals surface area contributed by atoms with Crippen LogP contribution >= 0.6 is 0 Å². The van der Waals surface area contributed by atoms with Crippen molar-refractivity contribution < 1.29 is 14.1 Å². The van der Waals surface area contributed by atoms with Gasteiger partial charge in [0.2, 0.25) is 0 Å². The van der Waals surface area contributed by atoms with E-state index in [-0.39, 0.29) is 11.9 Å². The molecular formula is C15H24N4O3. The second-order valence-electron chi connectivity index (χ2n) is 6.20. The Hall–Kier alpha value is -1.63. The minimum absolute atomic E-state index is 0.0530. The predicted octanol–water partition coefficient (Wildman–Crippen LogP) is 2.05. The Bertz CT molecular complexity index is 499. The number of nitrogens with one attached hydrogen (secondary N) is 1. The molecule has 3 rings (SSSR count). The van der Waals surface area contributed by atoms with Crippen molar-refractivity contribution in [1.82, 2.24) is 20.4 Å². The van der Waals surface area contributed by atoms with E-state index in [0.717, 1.165) is 32.2 Å². The number of carbonyl (C=O) groups excluding carboxylic acids is 1. The summed E-state index contributed by atoms with van der Waals surface area (Å²) < 4.78 is 10.1. The summed E-state index contributed by atoms with van der Waals surface area (Å²) in [6, 6.07) is 0.406. The third-order valence-corrected chi connectivity index (χ3v) is 4.51. The van der Waals surface area contributed by atoms with Crippen LogP contribution in [-0.2, 0) is 11.3 Å². The van der Waals surface area contributed by atoms with E-state index in [1.165, 1.54) is 12.8 Å². The zero-order valence-corrected chi connectivity index (χ0v) is 13.1. The second-order valence-corrected chi connectivity index (χ2v) is 6.20. The Labute approximate surface area is 130 Å². The lowest BCUT2D eigenvalue weighted by Crippen LogP contribution is -2.47. The Balaban J connectivity index is 1.56. The molecule has 0 aromatic carbocycles. The lowest BCUT2D eigenvalue weighted by molar-refractivity contribution is 0.151. The van der Waals surface area contributed by atoms with Crippen LogP contribution in [0.1, 0.15) is 56.2 Å². The average molecular weight is 308 g/mol. The fourth-order valence-electron chi connectivity index (χ4n) is 3.32. The molecule has 2 aliphatic rings. The van der Waals surface area contributed by atoms with Gasteiger partial charge in [-0.2, -0.15) is 4.98 Å². The number of hydrogen-bond donors (Lipinski definition) is 1. The Morgan fingerprint density at radius 1 is 1.36 bits per heavy atom. The summed E-state index contributed by atoms with van der Waals surface area (Å²) in [7, 11) is 1.60. The van der Waals surface area contributed by atoms with Gasteiger partial charge in [-0.15, -0.1) is 0 Å². The Morgan fingerprint density at radius 3 is 2.95 bits per heavy atom. The van der Waals surface area contributed by atoms with Crippen LogP contribution in [0.3, 0.4) is 0 Å². The van der Waals surface area contributed by atoms with Crippen molar-refractivity contribution >= 4 is 6.03 Å². The van der Waals surface area contributed by atoms with Crippen molar-refractivity contribution in [1.29, 1.82) is 0 Å². The number of hydrogen-bond acceptors (Lipinski definition) is 5. The van der Waals surface area contributed by atoms with Crippen molar-refractivity contribution in [2.45, 2.75) is 57.1 Å². The van der Waals surface area contributed by atoms with Crippen LogP contribution in [0.25, 0.3) is 0 Å². The maximum atomic E-state index is 12.4. The molecule has 2 fully saturated rings. The third-order valence-electron chi connectivity index (χ3n) is 4.51. The van der Waals surface area contributed by atoms with Crippen LogP contribution in [-0.4, -0.2) is 47.3 Å². The number of nitrogens with zero attached hydrogens (tertiary/aromatic N) is 3. The number of amides is 2. The van der Waals surface area contributed by atoms with E-state index in [2.05, 4.69) is 15.5 Å². The van der Waals surface area contributed by atoms with Crippen molar-refractivity contribution in [3.05, 3.63) is 11.7 Å². The van der Waals surface area contributed by atoms with E-state index in [1.54, 1.807) is 7.11 Å². The first-order valence-corrected chi connectivity index (χ1v) is 8.13. The molecule has 2 amide bonds. The second kappa shape index (κ2) is 7.09. The van der Waals surface area contributed by atoms with E-state index in [9.17, 15) is 4.79 Å². The molecule has 1 aromatic rings. The molecule has 1 atom stereocenters. The summed E-state index contributed by atoms with van der Waals surface area (Å²) in [5.41, 5.74) is 0. The summed E-state index contributed by atoms with van der Waals surface area (Å²) in [6.07, 6.45) is 6.61. The highest BCUT2D eigenvalue weighted by Crippen LogP contribution is 2.25. The Morgan fingerprint density at radius 2 is 2.18 bits per heavy atom. The molecule has 1 aliphatic heterocycles. The highest BCUT2D eigenvalue weighted by atomic mass is 16.5. The number of aromatic nitrogens is 2. The topological polar surface area (TPSA) is 80.5 Å². The van der Waals surface area contributed by atoms with Gasteiger partial charge in [0, 0.05) is 32.2 Å². The van der Waals surface area contributed by atoms with Gasteiger partial charge in [0.05, 0.1) is 0 Å². The van der Waals surface area contributed by atoms with Gasteiger partial charge in [-0.1, -0.05) is 18.0 Å². The van der Waals surface area contributed by atoms with Gasteiger partial charge in [-0.3, -0.25) is 0 Å².